The van der Waals surface area contributed by atoms with E-state index in [1.807, 2.05) is 0 Å². The van der Waals surface area contributed by atoms with Crippen LogP contribution in [-0.4, -0.2) is 5.78 Å². The summed E-state index contributed by atoms with van der Waals surface area (Å²) in [5, 5.41) is 0. The number of hydrogen-bond acceptors (Lipinski definition) is 1. The van der Waals surface area contributed by atoms with Gasteiger partial charge in [0.05, 0.1) is 0 Å². The van der Waals surface area contributed by atoms with Crippen molar-refractivity contribution in [3.05, 3.63) is 11.1 Å². The fourth-order valence-corrected chi connectivity index (χ4v) is 1.32. The van der Waals surface area contributed by atoms with E-state index in [0.717, 1.165) is 12.0 Å². The molecule has 0 aromatic rings. The first kappa shape index (κ1) is 8.51. The Hall–Kier alpha value is -0.590. The monoisotopic (exact) mass is 152 g/mol. The van der Waals surface area contributed by atoms with Crippen molar-refractivity contribution in [2.75, 3.05) is 0 Å². The van der Waals surface area contributed by atoms with Crippen LogP contribution < -0.4 is 0 Å². The van der Waals surface area contributed by atoms with Gasteiger partial charge < -0.3 is 0 Å². The summed E-state index contributed by atoms with van der Waals surface area (Å²) in [4.78, 5) is 11.1. The molecule has 0 bridgehead atoms. The standard InChI is InChI=1S/C10H16O/c1-3-4-5-10(8(2)11)9-6-7-9/h3-7H2,1-2H3. The third kappa shape index (κ3) is 2.49. The summed E-state index contributed by atoms with van der Waals surface area (Å²) in [6.45, 7) is 3.85. The number of hydrogen-bond donors (Lipinski definition) is 0. The Morgan fingerprint density at radius 2 is 2.09 bits per heavy atom. The molecule has 62 valence electrons. The third-order valence-corrected chi connectivity index (χ3v) is 2.13. The van der Waals surface area contributed by atoms with Crippen LogP contribution in [0.1, 0.15) is 46.0 Å². The molecule has 1 heteroatoms. The molecule has 1 aliphatic rings. The van der Waals surface area contributed by atoms with Crippen LogP contribution in [-0.2, 0) is 4.79 Å². The Balaban J connectivity index is 2.48. The summed E-state index contributed by atoms with van der Waals surface area (Å²) < 4.78 is 0. The molecule has 0 N–H and O–H groups in total. The van der Waals surface area contributed by atoms with E-state index in [0.29, 0.717) is 5.78 Å². The molecule has 0 spiro atoms. The second kappa shape index (κ2) is 3.70. The number of unbranched alkanes of at least 4 members (excludes halogenated alkanes) is 1. The number of ketones is 1. The fourth-order valence-electron chi connectivity index (χ4n) is 1.32. The van der Waals surface area contributed by atoms with Gasteiger partial charge in [0.2, 0.25) is 0 Å². The van der Waals surface area contributed by atoms with Gasteiger partial charge in [0.1, 0.15) is 0 Å². The van der Waals surface area contributed by atoms with Crippen molar-refractivity contribution in [1.82, 2.24) is 0 Å². The SMILES string of the molecule is CCCCC(C(C)=O)=C1CC1. The number of Topliss-reactive ketones (excluding diaryl/α,β-unsaturated/α-hetero) is 1. The molecule has 0 aromatic carbocycles. The number of rotatable bonds is 4. The van der Waals surface area contributed by atoms with Crippen LogP contribution in [0.2, 0.25) is 0 Å². The first-order valence-electron chi connectivity index (χ1n) is 4.47. The zero-order valence-electron chi connectivity index (χ0n) is 7.44. The third-order valence-electron chi connectivity index (χ3n) is 2.13. The summed E-state index contributed by atoms with van der Waals surface area (Å²) in [7, 11) is 0. The lowest BCUT2D eigenvalue weighted by Gasteiger charge is -2.00. The van der Waals surface area contributed by atoms with Gasteiger partial charge in [-0.05, 0) is 38.2 Å². The largest absolute Gasteiger partial charge is 0.295 e. The van der Waals surface area contributed by atoms with Gasteiger partial charge in [0.25, 0.3) is 0 Å². The molecule has 0 atom stereocenters. The van der Waals surface area contributed by atoms with Crippen molar-refractivity contribution >= 4 is 5.78 Å². The average molecular weight is 152 g/mol. The Kier molecular flexibility index (Phi) is 2.86. The maximum Gasteiger partial charge on any atom is 0.155 e. The van der Waals surface area contributed by atoms with Crippen LogP contribution in [0.15, 0.2) is 11.1 Å². The van der Waals surface area contributed by atoms with Gasteiger partial charge in [-0.15, -0.1) is 0 Å². The maximum atomic E-state index is 11.1. The van der Waals surface area contributed by atoms with Crippen LogP contribution >= 0.6 is 0 Å². The number of allylic oxidation sites excluding steroid dienone is 2. The molecule has 1 fully saturated rings. The minimum Gasteiger partial charge on any atom is -0.295 e. The second-order valence-electron chi connectivity index (χ2n) is 3.24. The van der Waals surface area contributed by atoms with E-state index in [2.05, 4.69) is 6.92 Å². The molecule has 1 saturated carbocycles. The second-order valence-corrected chi connectivity index (χ2v) is 3.24. The van der Waals surface area contributed by atoms with Gasteiger partial charge in [-0.2, -0.15) is 0 Å². The first-order chi connectivity index (χ1) is 5.25. The summed E-state index contributed by atoms with van der Waals surface area (Å²) in [6, 6.07) is 0. The molecule has 0 unspecified atom stereocenters. The number of carbonyl (C=O) groups excluding carboxylic acids is 1. The van der Waals surface area contributed by atoms with Crippen molar-refractivity contribution in [3.63, 3.8) is 0 Å². The topological polar surface area (TPSA) is 17.1 Å². The van der Waals surface area contributed by atoms with E-state index in [9.17, 15) is 4.79 Å². The van der Waals surface area contributed by atoms with E-state index in [1.54, 1.807) is 6.92 Å². The molecule has 1 rings (SSSR count). The highest BCUT2D eigenvalue weighted by atomic mass is 16.1. The molecular weight excluding hydrogens is 136 g/mol. The first-order valence-corrected chi connectivity index (χ1v) is 4.47. The lowest BCUT2D eigenvalue weighted by Crippen LogP contribution is -1.96. The smallest absolute Gasteiger partial charge is 0.155 e. The normalized spacial score (nSPS) is 14.9. The van der Waals surface area contributed by atoms with Crippen LogP contribution in [0.3, 0.4) is 0 Å². The zero-order valence-corrected chi connectivity index (χ0v) is 7.44. The van der Waals surface area contributed by atoms with E-state index >= 15 is 0 Å². The van der Waals surface area contributed by atoms with Crippen molar-refractivity contribution in [3.8, 4) is 0 Å². The van der Waals surface area contributed by atoms with Gasteiger partial charge in [0.15, 0.2) is 5.78 Å². The molecule has 0 aromatic heterocycles. The van der Waals surface area contributed by atoms with Gasteiger partial charge in [0, 0.05) is 0 Å². The molecule has 11 heavy (non-hydrogen) atoms. The fraction of sp³-hybridized carbons (Fsp3) is 0.700. The molecule has 0 saturated heterocycles. The average Bonchev–Trinajstić information content (AvgIpc) is 2.71. The summed E-state index contributed by atoms with van der Waals surface area (Å²) >= 11 is 0. The predicted octanol–water partition coefficient (Wildman–Crippen LogP) is 2.86. The highest BCUT2D eigenvalue weighted by molar-refractivity contribution is 5.94. The van der Waals surface area contributed by atoms with Crippen molar-refractivity contribution < 1.29 is 4.79 Å². The van der Waals surface area contributed by atoms with Crippen LogP contribution in [0.5, 0.6) is 0 Å². The minimum atomic E-state index is 0.297. The Morgan fingerprint density at radius 1 is 1.45 bits per heavy atom. The quantitative estimate of drug-likeness (QED) is 0.566. The Bertz CT molecular complexity index is 183. The van der Waals surface area contributed by atoms with E-state index < -0.39 is 0 Å². The maximum absolute atomic E-state index is 11.1. The van der Waals surface area contributed by atoms with Gasteiger partial charge in [-0.1, -0.05) is 18.9 Å². The summed E-state index contributed by atoms with van der Waals surface area (Å²) in [5.41, 5.74) is 2.55. The lowest BCUT2D eigenvalue weighted by molar-refractivity contribution is -0.113. The van der Waals surface area contributed by atoms with Crippen molar-refractivity contribution in [2.24, 2.45) is 0 Å². The van der Waals surface area contributed by atoms with Gasteiger partial charge in [-0.3, -0.25) is 4.79 Å². The van der Waals surface area contributed by atoms with Gasteiger partial charge >= 0.3 is 0 Å². The highest BCUT2D eigenvalue weighted by Crippen LogP contribution is 2.33. The van der Waals surface area contributed by atoms with Crippen molar-refractivity contribution in [1.29, 1.82) is 0 Å². The van der Waals surface area contributed by atoms with Crippen LogP contribution in [0, 0.1) is 0 Å². The van der Waals surface area contributed by atoms with Crippen LogP contribution in [0.4, 0.5) is 0 Å². The molecule has 1 nitrogen and oxygen atoms in total. The minimum absolute atomic E-state index is 0.297. The van der Waals surface area contributed by atoms with Gasteiger partial charge in [-0.25, -0.2) is 0 Å². The van der Waals surface area contributed by atoms with E-state index in [4.69, 9.17) is 0 Å². The lowest BCUT2D eigenvalue weighted by atomic mass is 10.0. The molecule has 0 aliphatic heterocycles. The highest BCUT2D eigenvalue weighted by Gasteiger charge is 2.19. The van der Waals surface area contributed by atoms with E-state index in [1.165, 1.54) is 31.3 Å². The molecule has 0 radical (unpaired) electrons. The zero-order chi connectivity index (χ0) is 8.27. The summed E-state index contributed by atoms with van der Waals surface area (Å²) in [5.74, 6) is 0.297. The Labute approximate surface area is 68.5 Å². The van der Waals surface area contributed by atoms with Crippen molar-refractivity contribution in [2.45, 2.75) is 46.0 Å². The molecule has 1 aliphatic carbocycles. The van der Waals surface area contributed by atoms with Crippen LogP contribution in [0.25, 0.3) is 0 Å². The molecule has 0 heterocycles. The molecular formula is C10H16O. The van der Waals surface area contributed by atoms with E-state index in [-0.39, 0.29) is 0 Å². The summed E-state index contributed by atoms with van der Waals surface area (Å²) in [6.07, 6.45) is 5.72. The Morgan fingerprint density at radius 3 is 2.45 bits per heavy atom. The predicted molar refractivity (Wildman–Crippen MR) is 46.5 cm³/mol. The molecule has 0 amide bonds. The number of carbonyl (C=O) groups is 1.